The first-order valence-corrected chi connectivity index (χ1v) is 9.16. The summed E-state index contributed by atoms with van der Waals surface area (Å²) in [5.74, 6) is 1.07. The second-order valence-electron chi connectivity index (χ2n) is 6.24. The highest BCUT2D eigenvalue weighted by Gasteiger charge is 2.26. The largest absolute Gasteiger partial charge is 0.493 e. The van der Waals surface area contributed by atoms with E-state index in [1.165, 1.54) is 16.1 Å². The van der Waals surface area contributed by atoms with Crippen molar-refractivity contribution in [3.05, 3.63) is 45.4 Å². The number of benzene rings is 1. The molecule has 0 saturated carbocycles. The van der Waals surface area contributed by atoms with Gasteiger partial charge in [0, 0.05) is 30.6 Å². The van der Waals surface area contributed by atoms with Crippen LogP contribution in [0.25, 0.3) is 0 Å². The normalized spacial score (nSPS) is 21.2. The summed E-state index contributed by atoms with van der Waals surface area (Å²) in [7, 11) is 0. The van der Waals surface area contributed by atoms with Crippen molar-refractivity contribution in [3.63, 3.8) is 0 Å². The van der Waals surface area contributed by atoms with E-state index in [2.05, 4.69) is 40.4 Å². The molecule has 1 atom stereocenters. The van der Waals surface area contributed by atoms with Crippen LogP contribution in [0.15, 0.2) is 23.6 Å². The first kappa shape index (κ1) is 15.1. The zero-order chi connectivity index (χ0) is 15.6. The van der Waals surface area contributed by atoms with Crippen LogP contribution in [-0.4, -0.2) is 42.8 Å². The standard InChI is InChI=1S/C18H22N2O2S/c1-13-12-23-18(19-13)16-11-21-9-7-20(16)6-4-14-2-3-17-15(10-14)5-8-22-17/h2-3,10,12,16H,4-9,11H2,1H3/t16-/m0/s1. The van der Waals surface area contributed by atoms with Crippen molar-refractivity contribution in [2.75, 3.05) is 32.9 Å². The summed E-state index contributed by atoms with van der Waals surface area (Å²) in [6.07, 6.45) is 2.11. The number of nitrogens with zero attached hydrogens (tertiary/aromatic N) is 2. The minimum Gasteiger partial charge on any atom is -0.493 e. The zero-order valence-corrected chi connectivity index (χ0v) is 14.3. The SMILES string of the molecule is Cc1csc([C@@H]2COCCN2CCc2ccc3c(c2)CCO3)n1. The first-order valence-electron chi connectivity index (χ1n) is 8.28. The van der Waals surface area contributed by atoms with E-state index >= 15 is 0 Å². The molecule has 4 nitrogen and oxygen atoms in total. The Balaban J connectivity index is 1.44. The fourth-order valence-corrected chi connectivity index (χ4v) is 4.24. The Morgan fingerprint density at radius 2 is 2.30 bits per heavy atom. The smallest absolute Gasteiger partial charge is 0.122 e. The maximum absolute atomic E-state index is 5.70. The molecule has 4 rings (SSSR count). The first-order chi connectivity index (χ1) is 11.3. The van der Waals surface area contributed by atoms with Crippen LogP contribution in [0.2, 0.25) is 0 Å². The Bertz CT molecular complexity index is 685. The number of aryl methyl sites for hydroxylation is 1. The molecule has 1 saturated heterocycles. The van der Waals surface area contributed by atoms with Crippen LogP contribution < -0.4 is 4.74 Å². The third-order valence-corrected chi connectivity index (χ3v) is 5.67. The van der Waals surface area contributed by atoms with Gasteiger partial charge in [-0.25, -0.2) is 4.98 Å². The molecule has 2 aromatic rings. The Labute approximate surface area is 141 Å². The highest BCUT2D eigenvalue weighted by Crippen LogP contribution is 2.28. The van der Waals surface area contributed by atoms with Crippen molar-refractivity contribution in [3.8, 4) is 5.75 Å². The van der Waals surface area contributed by atoms with Crippen molar-refractivity contribution in [1.29, 1.82) is 0 Å². The highest BCUT2D eigenvalue weighted by atomic mass is 32.1. The lowest BCUT2D eigenvalue weighted by atomic mass is 10.1. The summed E-state index contributed by atoms with van der Waals surface area (Å²) in [6.45, 7) is 6.49. The van der Waals surface area contributed by atoms with Crippen molar-refractivity contribution >= 4 is 11.3 Å². The molecule has 0 bridgehead atoms. The second kappa shape index (κ2) is 6.59. The third-order valence-electron chi connectivity index (χ3n) is 4.60. The van der Waals surface area contributed by atoms with E-state index in [4.69, 9.17) is 9.47 Å². The topological polar surface area (TPSA) is 34.6 Å². The number of ether oxygens (including phenoxy) is 2. The monoisotopic (exact) mass is 330 g/mol. The molecule has 1 aromatic carbocycles. The summed E-state index contributed by atoms with van der Waals surface area (Å²) in [5.41, 5.74) is 3.86. The molecule has 0 N–H and O–H groups in total. The van der Waals surface area contributed by atoms with Gasteiger partial charge in [-0.05, 0) is 30.5 Å². The Hall–Kier alpha value is -1.43. The summed E-state index contributed by atoms with van der Waals surface area (Å²) in [5, 5.41) is 3.31. The average Bonchev–Trinajstić information content (AvgIpc) is 3.21. The minimum atomic E-state index is 0.306. The third kappa shape index (κ3) is 3.27. The van der Waals surface area contributed by atoms with Gasteiger partial charge in [0.2, 0.25) is 0 Å². The molecule has 5 heteroatoms. The van der Waals surface area contributed by atoms with Gasteiger partial charge in [0.15, 0.2) is 0 Å². The lowest BCUT2D eigenvalue weighted by Gasteiger charge is -2.34. The fraction of sp³-hybridized carbons (Fsp3) is 0.500. The molecule has 0 spiro atoms. The second-order valence-corrected chi connectivity index (χ2v) is 7.13. The molecule has 2 aliphatic rings. The quantitative estimate of drug-likeness (QED) is 0.863. The summed E-state index contributed by atoms with van der Waals surface area (Å²) in [4.78, 5) is 7.19. The fourth-order valence-electron chi connectivity index (χ4n) is 3.33. The number of rotatable bonds is 4. The van der Waals surface area contributed by atoms with Gasteiger partial charge in [-0.3, -0.25) is 4.90 Å². The van der Waals surface area contributed by atoms with Crippen LogP contribution in [0.5, 0.6) is 5.75 Å². The van der Waals surface area contributed by atoms with Gasteiger partial charge >= 0.3 is 0 Å². The number of morpholine rings is 1. The van der Waals surface area contributed by atoms with Crippen LogP contribution in [0.1, 0.15) is 27.9 Å². The van der Waals surface area contributed by atoms with Crippen LogP contribution in [0.4, 0.5) is 0 Å². The van der Waals surface area contributed by atoms with E-state index in [0.717, 1.165) is 57.2 Å². The molecule has 2 aliphatic heterocycles. The molecular weight excluding hydrogens is 308 g/mol. The Kier molecular flexibility index (Phi) is 4.33. The van der Waals surface area contributed by atoms with Crippen molar-refractivity contribution in [1.82, 2.24) is 9.88 Å². The lowest BCUT2D eigenvalue weighted by Crippen LogP contribution is -2.40. The van der Waals surface area contributed by atoms with Crippen molar-refractivity contribution < 1.29 is 9.47 Å². The van der Waals surface area contributed by atoms with Crippen LogP contribution in [0.3, 0.4) is 0 Å². The van der Waals surface area contributed by atoms with E-state index in [-0.39, 0.29) is 0 Å². The Morgan fingerprint density at radius 1 is 1.35 bits per heavy atom. The lowest BCUT2D eigenvalue weighted by molar-refractivity contribution is -0.00794. The number of aromatic nitrogens is 1. The average molecular weight is 330 g/mol. The van der Waals surface area contributed by atoms with Crippen LogP contribution in [-0.2, 0) is 17.6 Å². The van der Waals surface area contributed by atoms with Gasteiger partial charge in [0.05, 0.1) is 25.9 Å². The molecule has 0 amide bonds. The molecule has 122 valence electrons. The van der Waals surface area contributed by atoms with Gasteiger partial charge in [-0.15, -0.1) is 11.3 Å². The predicted octanol–water partition coefficient (Wildman–Crippen LogP) is 3.00. The Morgan fingerprint density at radius 3 is 3.17 bits per heavy atom. The number of hydrogen-bond acceptors (Lipinski definition) is 5. The van der Waals surface area contributed by atoms with E-state index < -0.39 is 0 Å². The molecule has 1 fully saturated rings. The number of fused-ring (bicyclic) bond motifs is 1. The number of hydrogen-bond donors (Lipinski definition) is 0. The van der Waals surface area contributed by atoms with Gasteiger partial charge < -0.3 is 9.47 Å². The molecule has 23 heavy (non-hydrogen) atoms. The van der Waals surface area contributed by atoms with Crippen molar-refractivity contribution in [2.24, 2.45) is 0 Å². The number of thiazole rings is 1. The van der Waals surface area contributed by atoms with E-state index in [0.29, 0.717) is 6.04 Å². The summed E-state index contributed by atoms with van der Waals surface area (Å²) >= 11 is 1.75. The molecule has 1 aromatic heterocycles. The zero-order valence-electron chi connectivity index (χ0n) is 13.5. The maximum atomic E-state index is 5.70. The van der Waals surface area contributed by atoms with Gasteiger partial charge in [0.1, 0.15) is 10.8 Å². The van der Waals surface area contributed by atoms with Gasteiger partial charge in [-0.1, -0.05) is 12.1 Å². The van der Waals surface area contributed by atoms with Crippen molar-refractivity contribution in [2.45, 2.75) is 25.8 Å². The van der Waals surface area contributed by atoms with E-state index in [1.807, 2.05) is 0 Å². The van der Waals surface area contributed by atoms with Gasteiger partial charge in [-0.2, -0.15) is 0 Å². The molecule has 0 unspecified atom stereocenters. The van der Waals surface area contributed by atoms with Crippen LogP contribution in [0, 0.1) is 6.92 Å². The van der Waals surface area contributed by atoms with Crippen LogP contribution >= 0.6 is 11.3 Å². The predicted molar refractivity (Wildman–Crippen MR) is 91.3 cm³/mol. The van der Waals surface area contributed by atoms with E-state index in [9.17, 15) is 0 Å². The molecule has 3 heterocycles. The minimum absolute atomic E-state index is 0.306. The molecule has 0 aliphatic carbocycles. The summed E-state index contributed by atoms with van der Waals surface area (Å²) in [6, 6.07) is 6.94. The highest BCUT2D eigenvalue weighted by molar-refractivity contribution is 7.09. The molecule has 0 radical (unpaired) electrons. The maximum Gasteiger partial charge on any atom is 0.122 e. The summed E-state index contributed by atoms with van der Waals surface area (Å²) < 4.78 is 11.3. The van der Waals surface area contributed by atoms with E-state index in [1.54, 1.807) is 11.3 Å². The van der Waals surface area contributed by atoms with Gasteiger partial charge in [0.25, 0.3) is 0 Å². The molecular formula is C18H22N2O2S.